The monoisotopic (exact) mass is 386 g/mol. The molecule has 1 atom stereocenters. The highest BCUT2D eigenvalue weighted by Crippen LogP contribution is 2.15. The van der Waals surface area contributed by atoms with Crippen molar-refractivity contribution >= 4 is 11.8 Å². The van der Waals surface area contributed by atoms with Crippen LogP contribution in [0, 0.1) is 0 Å². The summed E-state index contributed by atoms with van der Waals surface area (Å²) in [5.74, 6) is -0.270. The van der Waals surface area contributed by atoms with Crippen LogP contribution >= 0.6 is 0 Å². The van der Waals surface area contributed by atoms with E-state index in [0.29, 0.717) is 19.5 Å². The maximum absolute atomic E-state index is 13.2. The Morgan fingerprint density at radius 1 is 0.759 bits per heavy atom. The lowest BCUT2D eigenvalue weighted by molar-refractivity contribution is -0.139. The molecule has 4 nitrogen and oxygen atoms in total. The van der Waals surface area contributed by atoms with Gasteiger partial charge in [-0.25, -0.2) is 0 Å². The molecule has 0 heterocycles. The molecule has 1 N–H and O–H groups in total. The van der Waals surface area contributed by atoms with Crippen molar-refractivity contribution in [3.63, 3.8) is 0 Å². The van der Waals surface area contributed by atoms with E-state index in [4.69, 9.17) is 0 Å². The number of carbonyl (C=O) groups is 2. The predicted molar refractivity (Wildman–Crippen MR) is 115 cm³/mol. The largest absolute Gasteiger partial charge is 0.350 e. The van der Waals surface area contributed by atoms with Crippen molar-refractivity contribution in [2.45, 2.75) is 32.5 Å². The molecule has 0 aliphatic heterocycles. The molecule has 0 saturated heterocycles. The number of nitrogens with one attached hydrogen (secondary N) is 1. The molecule has 0 aliphatic carbocycles. The normalized spacial score (nSPS) is 11.5. The fourth-order valence-corrected chi connectivity index (χ4v) is 3.31. The quantitative estimate of drug-likeness (QED) is 0.637. The number of hydrogen-bond acceptors (Lipinski definition) is 2. The van der Waals surface area contributed by atoms with Gasteiger partial charge in [0.1, 0.15) is 6.04 Å². The predicted octanol–water partition coefficient (Wildman–Crippen LogP) is 3.96. The second kappa shape index (κ2) is 10.2. The van der Waals surface area contributed by atoms with Gasteiger partial charge in [0.2, 0.25) is 11.8 Å². The molecule has 0 aromatic heterocycles. The third-order valence-electron chi connectivity index (χ3n) is 4.86. The Balaban J connectivity index is 1.81. The van der Waals surface area contributed by atoms with Crippen LogP contribution in [0.15, 0.2) is 91.0 Å². The van der Waals surface area contributed by atoms with E-state index in [9.17, 15) is 9.59 Å². The van der Waals surface area contributed by atoms with Crippen LogP contribution in [0.25, 0.3) is 0 Å². The first-order chi connectivity index (χ1) is 14.1. The van der Waals surface area contributed by atoms with Crippen molar-refractivity contribution in [3.05, 3.63) is 108 Å². The highest BCUT2D eigenvalue weighted by atomic mass is 16.2. The summed E-state index contributed by atoms with van der Waals surface area (Å²) in [6, 6.07) is 28.8. The van der Waals surface area contributed by atoms with E-state index < -0.39 is 6.04 Å². The summed E-state index contributed by atoms with van der Waals surface area (Å²) < 4.78 is 0. The zero-order valence-electron chi connectivity index (χ0n) is 16.6. The van der Waals surface area contributed by atoms with Crippen molar-refractivity contribution in [2.75, 3.05) is 0 Å². The molecule has 3 aromatic carbocycles. The summed E-state index contributed by atoms with van der Waals surface area (Å²) in [7, 11) is 0. The molecule has 4 heteroatoms. The Kier molecular flexibility index (Phi) is 7.17. The number of hydrogen-bond donors (Lipinski definition) is 1. The van der Waals surface area contributed by atoms with Crippen LogP contribution in [0.2, 0.25) is 0 Å². The first-order valence-corrected chi connectivity index (χ1v) is 9.80. The third kappa shape index (κ3) is 6.04. The molecule has 148 valence electrons. The molecule has 0 fully saturated rings. The zero-order chi connectivity index (χ0) is 20.5. The molecule has 0 bridgehead atoms. The fraction of sp³-hybridized carbons (Fsp3) is 0.200. The number of rotatable bonds is 8. The summed E-state index contributed by atoms with van der Waals surface area (Å²) in [4.78, 5) is 27.3. The van der Waals surface area contributed by atoms with E-state index in [1.54, 1.807) is 4.90 Å². The molecule has 0 spiro atoms. The van der Waals surface area contributed by atoms with Gasteiger partial charge in [0.15, 0.2) is 0 Å². The van der Waals surface area contributed by atoms with E-state index in [2.05, 4.69) is 5.32 Å². The minimum atomic E-state index is -0.584. The van der Waals surface area contributed by atoms with Crippen LogP contribution in [-0.4, -0.2) is 22.8 Å². The van der Waals surface area contributed by atoms with Crippen molar-refractivity contribution in [3.8, 4) is 0 Å². The molecule has 3 rings (SSSR count). The average Bonchev–Trinajstić information content (AvgIpc) is 2.76. The topological polar surface area (TPSA) is 49.4 Å². The number of benzene rings is 3. The summed E-state index contributed by atoms with van der Waals surface area (Å²) in [6.45, 7) is 2.35. The SMILES string of the molecule is CC(=O)N(Cc1ccccc1)[C@@H](Cc1ccccc1)C(=O)NCc1ccccc1. The van der Waals surface area contributed by atoms with E-state index >= 15 is 0 Å². The highest BCUT2D eigenvalue weighted by Gasteiger charge is 2.28. The Hall–Kier alpha value is -3.40. The smallest absolute Gasteiger partial charge is 0.243 e. The maximum atomic E-state index is 13.2. The van der Waals surface area contributed by atoms with E-state index in [-0.39, 0.29) is 11.8 Å². The molecule has 29 heavy (non-hydrogen) atoms. The lowest BCUT2D eigenvalue weighted by Crippen LogP contribution is -2.49. The molecular formula is C25H26N2O2. The van der Waals surface area contributed by atoms with Crippen molar-refractivity contribution in [1.29, 1.82) is 0 Å². The van der Waals surface area contributed by atoms with E-state index in [0.717, 1.165) is 16.7 Å². The van der Waals surface area contributed by atoms with Crippen LogP contribution < -0.4 is 5.32 Å². The van der Waals surface area contributed by atoms with Crippen LogP contribution in [0.3, 0.4) is 0 Å². The zero-order valence-corrected chi connectivity index (χ0v) is 16.6. The first-order valence-electron chi connectivity index (χ1n) is 9.80. The summed E-state index contributed by atoms with van der Waals surface area (Å²) in [5.41, 5.74) is 3.04. The second-order valence-corrected chi connectivity index (χ2v) is 7.04. The Morgan fingerprint density at radius 2 is 1.24 bits per heavy atom. The maximum Gasteiger partial charge on any atom is 0.243 e. The van der Waals surface area contributed by atoms with Gasteiger partial charge in [-0.15, -0.1) is 0 Å². The van der Waals surface area contributed by atoms with E-state index in [1.807, 2.05) is 91.0 Å². The van der Waals surface area contributed by atoms with Gasteiger partial charge in [0.25, 0.3) is 0 Å². The molecule has 0 saturated carbocycles. The first kappa shape index (κ1) is 20.3. The van der Waals surface area contributed by atoms with Crippen LogP contribution in [0.5, 0.6) is 0 Å². The van der Waals surface area contributed by atoms with Crippen molar-refractivity contribution < 1.29 is 9.59 Å². The summed E-state index contributed by atoms with van der Waals surface area (Å²) in [5, 5.41) is 3.01. The van der Waals surface area contributed by atoms with Gasteiger partial charge in [0, 0.05) is 26.4 Å². The number of carbonyl (C=O) groups excluding carboxylic acids is 2. The van der Waals surface area contributed by atoms with Gasteiger partial charge < -0.3 is 10.2 Å². The van der Waals surface area contributed by atoms with Crippen molar-refractivity contribution in [2.24, 2.45) is 0 Å². The Bertz CT molecular complexity index is 911. The van der Waals surface area contributed by atoms with Gasteiger partial charge in [-0.1, -0.05) is 91.0 Å². The second-order valence-electron chi connectivity index (χ2n) is 7.04. The van der Waals surface area contributed by atoms with Crippen LogP contribution in [0.4, 0.5) is 0 Å². The van der Waals surface area contributed by atoms with Crippen LogP contribution in [0.1, 0.15) is 23.6 Å². The lowest BCUT2D eigenvalue weighted by Gasteiger charge is -2.30. The minimum absolute atomic E-state index is 0.121. The van der Waals surface area contributed by atoms with Gasteiger partial charge in [-0.3, -0.25) is 9.59 Å². The molecule has 2 amide bonds. The third-order valence-corrected chi connectivity index (χ3v) is 4.86. The van der Waals surface area contributed by atoms with E-state index in [1.165, 1.54) is 6.92 Å². The molecule has 0 aliphatic rings. The number of amides is 2. The van der Waals surface area contributed by atoms with Gasteiger partial charge in [-0.05, 0) is 16.7 Å². The average molecular weight is 386 g/mol. The molecule has 3 aromatic rings. The minimum Gasteiger partial charge on any atom is -0.350 e. The lowest BCUT2D eigenvalue weighted by atomic mass is 10.0. The van der Waals surface area contributed by atoms with Gasteiger partial charge in [0.05, 0.1) is 0 Å². The Morgan fingerprint density at radius 3 is 1.76 bits per heavy atom. The molecule has 0 unspecified atom stereocenters. The highest BCUT2D eigenvalue weighted by molar-refractivity contribution is 5.87. The standard InChI is InChI=1S/C25H26N2O2/c1-20(28)27(19-23-15-9-4-10-16-23)24(17-21-11-5-2-6-12-21)25(29)26-18-22-13-7-3-8-14-22/h2-16,24H,17-19H2,1H3,(H,26,29)/t24-/m0/s1. The Labute approximate surface area is 172 Å². The summed E-state index contributed by atoms with van der Waals surface area (Å²) >= 11 is 0. The van der Waals surface area contributed by atoms with Crippen LogP contribution in [-0.2, 0) is 29.1 Å². The van der Waals surface area contributed by atoms with Crippen molar-refractivity contribution in [1.82, 2.24) is 10.2 Å². The molecule has 0 radical (unpaired) electrons. The number of nitrogens with zero attached hydrogens (tertiary/aromatic N) is 1. The molecular weight excluding hydrogens is 360 g/mol. The van der Waals surface area contributed by atoms with Gasteiger partial charge in [-0.2, -0.15) is 0 Å². The summed E-state index contributed by atoms with van der Waals surface area (Å²) in [6.07, 6.45) is 0.466. The van der Waals surface area contributed by atoms with Gasteiger partial charge >= 0.3 is 0 Å². The fourth-order valence-electron chi connectivity index (χ4n) is 3.31.